The number of rotatable bonds is 17. The first kappa shape index (κ1) is 33.9. The van der Waals surface area contributed by atoms with Crippen molar-refractivity contribution in [1.29, 1.82) is 0 Å². The van der Waals surface area contributed by atoms with Crippen molar-refractivity contribution in [2.45, 2.75) is 90.1 Å². The summed E-state index contributed by atoms with van der Waals surface area (Å²) in [5, 5.41) is 33.0. The van der Waals surface area contributed by atoms with Gasteiger partial charge in [0.1, 0.15) is 5.82 Å². The van der Waals surface area contributed by atoms with Crippen molar-refractivity contribution >= 4 is 23.5 Å². The summed E-state index contributed by atoms with van der Waals surface area (Å²) in [6.07, 6.45) is 10.2. The number of anilines is 1. The summed E-state index contributed by atoms with van der Waals surface area (Å²) in [7, 11) is 1.46. The van der Waals surface area contributed by atoms with E-state index in [0.717, 1.165) is 49.1 Å². The van der Waals surface area contributed by atoms with E-state index in [9.17, 15) is 24.9 Å². The van der Waals surface area contributed by atoms with Crippen LogP contribution in [0.2, 0.25) is 0 Å². The number of phenols is 1. The minimum absolute atomic E-state index is 0.0540. The number of nitrogens with zero attached hydrogens (tertiary/aromatic N) is 1. The van der Waals surface area contributed by atoms with Gasteiger partial charge in [-0.05, 0) is 61.1 Å². The van der Waals surface area contributed by atoms with Crippen molar-refractivity contribution in [3.8, 4) is 11.5 Å². The van der Waals surface area contributed by atoms with Gasteiger partial charge in [-0.25, -0.2) is 4.98 Å². The number of H-pyrrole nitrogens is 1. The van der Waals surface area contributed by atoms with Crippen molar-refractivity contribution in [3.63, 3.8) is 0 Å². The molecule has 1 aliphatic rings. The second kappa shape index (κ2) is 15.4. The average molecular weight is 618 g/mol. The van der Waals surface area contributed by atoms with Crippen LogP contribution in [0.4, 0.5) is 5.82 Å². The minimum atomic E-state index is -1.64. The molecule has 0 aliphatic heterocycles. The maximum Gasteiger partial charge on any atom is 0.170 e. The van der Waals surface area contributed by atoms with E-state index in [-0.39, 0.29) is 37.4 Å². The maximum absolute atomic E-state index is 12.9. The molecular weight excluding hydrogens is 570 g/mol. The Morgan fingerprint density at radius 2 is 1.78 bits per heavy atom. The number of hydrogen-bond acceptors (Lipinski definition) is 8. The zero-order valence-electron chi connectivity index (χ0n) is 26.6. The molecule has 0 saturated carbocycles. The second-order valence-electron chi connectivity index (χ2n) is 12.1. The van der Waals surface area contributed by atoms with Crippen LogP contribution in [-0.4, -0.2) is 56.7 Å². The summed E-state index contributed by atoms with van der Waals surface area (Å²) in [4.78, 5) is 33.0. The number of pyridine rings is 1. The third kappa shape index (κ3) is 7.65. The summed E-state index contributed by atoms with van der Waals surface area (Å²) < 4.78 is 5.57. The Labute approximate surface area is 265 Å². The number of aliphatic hydroxyl groups excluding tert-OH is 2. The maximum atomic E-state index is 12.9. The fourth-order valence-corrected chi connectivity index (χ4v) is 6.42. The Kier molecular flexibility index (Phi) is 11.6. The quantitative estimate of drug-likeness (QED) is 0.0989. The molecule has 0 saturated heterocycles. The van der Waals surface area contributed by atoms with Crippen molar-refractivity contribution in [3.05, 3.63) is 76.2 Å². The van der Waals surface area contributed by atoms with Crippen molar-refractivity contribution in [2.75, 3.05) is 19.5 Å². The summed E-state index contributed by atoms with van der Waals surface area (Å²) >= 11 is 0. The number of Topliss-reactive ketones (excluding diaryl/α,β-unsaturated/α-hetero) is 2. The number of aromatic amines is 1. The Hall–Kier alpha value is -3.95. The summed E-state index contributed by atoms with van der Waals surface area (Å²) in [6.45, 7) is 3.96. The third-order valence-electron chi connectivity index (χ3n) is 9.02. The van der Waals surface area contributed by atoms with E-state index in [1.54, 1.807) is 12.3 Å². The van der Waals surface area contributed by atoms with E-state index in [0.29, 0.717) is 35.3 Å². The highest BCUT2D eigenvalue weighted by atomic mass is 16.5. The zero-order chi connectivity index (χ0) is 32.6. The molecule has 1 aliphatic carbocycles. The highest BCUT2D eigenvalue weighted by molar-refractivity contribution is 6.05. The van der Waals surface area contributed by atoms with Gasteiger partial charge in [-0.1, -0.05) is 57.7 Å². The molecule has 0 radical (unpaired) electrons. The van der Waals surface area contributed by atoms with Gasteiger partial charge < -0.3 is 30.8 Å². The number of carbonyl (C=O) groups is 2. The van der Waals surface area contributed by atoms with Gasteiger partial charge >= 0.3 is 0 Å². The van der Waals surface area contributed by atoms with Gasteiger partial charge in [0.15, 0.2) is 29.2 Å². The molecule has 6 N–H and O–H groups in total. The molecule has 2 aromatic heterocycles. The third-order valence-corrected chi connectivity index (χ3v) is 9.02. The van der Waals surface area contributed by atoms with Gasteiger partial charge in [0, 0.05) is 52.9 Å². The van der Waals surface area contributed by atoms with Crippen LogP contribution < -0.4 is 10.5 Å². The number of nitrogens with two attached hydrogens (primary N) is 1. The van der Waals surface area contributed by atoms with Gasteiger partial charge in [-0.15, -0.1) is 0 Å². The van der Waals surface area contributed by atoms with Crippen LogP contribution >= 0.6 is 0 Å². The molecule has 1 aromatic carbocycles. The number of fused-ring (bicyclic) bond motifs is 1. The largest absolute Gasteiger partial charge is 0.504 e. The molecule has 4 rings (SSSR count). The smallest absolute Gasteiger partial charge is 0.170 e. The lowest BCUT2D eigenvalue weighted by Crippen LogP contribution is -2.36. The predicted octanol–water partition coefficient (Wildman–Crippen LogP) is 5.44. The summed E-state index contributed by atoms with van der Waals surface area (Å²) in [6, 6.07) is 9.36. The SMILES string of the molecule is CCCCCCCC(=O)C(O)C(=O)CCc1cc(OC)c(O)c(C2c3ccnc(N)c3C=CC2(CO)Cc2ccc(CC)[nH]2)c1. The predicted molar refractivity (Wildman–Crippen MR) is 175 cm³/mol. The fourth-order valence-electron chi connectivity index (χ4n) is 6.42. The number of benzene rings is 1. The second-order valence-corrected chi connectivity index (χ2v) is 12.1. The van der Waals surface area contributed by atoms with Crippen LogP contribution in [0.25, 0.3) is 6.08 Å². The number of methoxy groups -OCH3 is 1. The number of ketones is 2. The van der Waals surface area contributed by atoms with E-state index in [4.69, 9.17) is 10.5 Å². The van der Waals surface area contributed by atoms with Gasteiger partial charge in [0.05, 0.1) is 13.7 Å². The number of hydrogen-bond donors (Lipinski definition) is 5. The van der Waals surface area contributed by atoms with Crippen molar-refractivity contribution in [1.82, 2.24) is 9.97 Å². The van der Waals surface area contributed by atoms with Crippen molar-refractivity contribution in [2.24, 2.45) is 5.41 Å². The number of carbonyl (C=O) groups excluding carboxylic acids is 2. The minimum Gasteiger partial charge on any atom is -0.504 e. The first-order chi connectivity index (χ1) is 21.7. The molecule has 3 aromatic rings. The van der Waals surface area contributed by atoms with Crippen LogP contribution in [0.15, 0.2) is 42.6 Å². The molecule has 0 amide bonds. The first-order valence-corrected chi connectivity index (χ1v) is 16.0. The molecule has 2 heterocycles. The van der Waals surface area contributed by atoms with Crippen LogP contribution in [0, 0.1) is 5.41 Å². The lowest BCUT2D eigenvalue weighted by Gasteiger charge is -2.41. The first-order valence-electron chi connectivity index (χ1n) is 16.0. The fraction of sp³-hybridized carbons (Fsp3) is 0.472. The number of aliphatic hydroxyl groups is 2. The molecule has 242 valence electrons. The molecule has 45 heavy (non-hydrogen) atoms. The van der Waals surface area contributed by atoms with Crippen LogP contribution in [0.5, 0.6) is 11.5 Å². The summed E-state index contributed by atoms with van der Waals surface area (Å²) in [5.41, 5.74) is 10.1. The van der Waals surface area contributed by atoms with Gasteiger partial charge in [0.2, 0.25) is 0 Å². The normalized spacial score (nSPS) is 18.0. The molecule has 3 unspecified atom stereocenters. The molecule has 3 atom stereocenters. The number of aryl methyl sites for hydroxylation is 2. The number of phenolic OH excluding ortho intramolecular Hbond substituents is 1. The molecule has 9 nitrogen and oxygen atoms in total. The van der Waals surface area contributed by atoms with Crippen LogP contribution in [0.3, 0.4) is 0 Å². The standard InChI is InChI=1S/C36H47N3O6/c1-4-6-7-8-9-10-29(41)34(44)30(42)14-11-23-19-28(33(43)31(20-23)45-3)32-26-16-18-38-35(37)27(26)15-17-36(32,22-40)21-25-13-12-24(5-2)39-25/h12-13,15-20,32,34,39-40,43-44H,4-11,14,21-22H2,1-3H3,(H2,37,38). The van der Waals surface area contributed by atoms with Crippen LogP contribution in [0.1, 0.15) is 98.4 Å². The Balaban J connectivity index is 1.66. The number of aromatic hydroxyl groups is 1. The Morgan fingerprint density at radius 3 is 2.47 bits per heavy atom. The van der Waals surface area contributed by atoms with E-state index < -0.39 is 29.0 Å². The average Bonchev–Trinajstić information content (AvgIpc) is 3.50. The molecule has 0 fully saturated rings. The van der Waals surface area contributed by atoms with E-state index in [2.05, 4.69) is 23.8 Å². The Bertz CT molecular complexity index is 1510. The topological polar surface area (TPSA) is 159 Å². The highest BCUT2D eigenvalue weighted by Gasteiger charge is 2.44. The van der Waals surface area contributed by atoms with Crippen molar-refractivity contribution < 1.29 is 29.6 Å². The van der Waals surface area contributed by atoms with E-state index >= 15 is 0 Å². The molecule has 0 spiro atoms. The molecule has 9 heteroatoms. The number of nitrogen functional groups attached to an aromatic ring is 1. The van der Waals surface area contributed by atoms with Crippen LogP contribution in [-0.2, 0) is 28.9 Å². The number of ether oxygens (including phenoxy) is 1. The van der Waals surface area contributed by atoms with E-state index in [1.165, 1.54) is 7.11 Å². The number of nitrogens with one attached hydrogen (secondary N) is 1. The lowest BCUT2D eigenvalue weighted by atomic mass is 9.63. The van der Waals surface area contributed by atoms with Gasteiger partial charge in [-0.2, -0.15) is 0 Å². The van der Waals surface area contributed by atoms with E-state index in [1.807, 2.05) is 36.4 Å². The Morgan fingerprint density at radius 1 is 1.04 bits per heavy atom. The van der Waals surface area contributed by atoms with Gasteiger partial charge in [0.25, 0.3) is 0 Å². The molecular formula is C36H47N3O6. The lowest BCUT2D eigenvalue weighted by molar-refractivity contribution is -0.138. The highest BCUT2D eigenvalue weighted by Crippen LogP contribution is 2.53. The zero-order valence-corrected chi connectivity index (χ0v) is 26.6. The molecule has 0 bridgehead atoms. The van der Waals surface area contributed by atoms with Gasteiger partial charge in [-0.3, -0.25) is 9.59 Å². The number of aromatic nitrogens is 2. The number of unbranched alkanes of at least 4 members (excludes halogenated alkanes) is 4. The summed E-state index contributed by atoms with van der Waals surface area (Å²) in [5.74, 6) is -1.05. The monoisotopic (exact) mass is 617 g/mol.